The summed E-state index contributed by atoms with van der Waals surface area (Å²) in [6.45, 7) is 1.93. The number of aromatic carboxylic acids is 1. The van der Waals surface area contributed by atoms with Crippen LogP contribution in [0.4, 0.5) is 0 Å². The SMILES string of the molecule is Cc1cc(CCCCCCc2ccc(C(=O)O)cc2)on1. The zero-order valence-electron chi connectivity index (χ0n) is 12.3. The Labute approximate surface area is 124 Å². The van der Waals surface area contributed by atoms with Gasteiger partial charge in [-0.25, -0.2) is 4.79 Å². The molecule has 0 atom stereocenters. The number of carbonyl (C=O) groups is 1. The third-order valence-corrected chi connectivity index (χ3v) is 3.52. The minimum atomic E-state index is -0.871. The number of rotatable bonds is 8. The van der Waals surface area contributed by atoms with Gasteiger partial charge < -0.3 is 9.63 Å². The van der Waals surface area contributed by atoms with Crippen molar-refractivity contribution in [2.45, 2.75) is 45.4 Å². The number of unbranched alkanes of at least 4 members (excludes halogenated alkanes) is 3. The molecule has 0 aliphatic rings. The first-order valence-electron chi connectivity index (χ1n) is 7.39. The van der Waals surface area contributed by atoms with Gasteiger partial charge >= 0.3 is 5.97 Å². The third-order valence-electron chi connectivity index (χ3n) is 3.52. The number of aromatic nitrogens is 1. The van der Waals surface area contributed by atoms with Crippen LogP contribution >= 0.6 is 0 Å². The minimum Gasteiger partial charge on any atom is -0.478 e. The Hall–Kier alpha value is -2.10. The Morgan fingerprint density at radius 2 is 1.76 bits per heavy atom. The highest BCUT2D eigenvalue weighted by molar-refractivity contribution is 5.87. The fourth-order valence-corrected chi connectivity index (χ4v) is 2.33. The summed E-state index contributed by atoms with van der Waals surface area (Å²) < 4.78 is 5.17. The van der Waals surface area contributed by atoms with Crippen LogP contribution in [-0.2, 0) is 12.8 Å². The molecule has 0 saturated carbocycles. The molecular weight excluding hydrogens is 266 g/mol. The molecule has 4 nitrogen and oxygen atoms in total. The number of hydrogen-bond acceptors (Lipinski definition) is 3. The molecule has 0 aliphatic carbocycles. The largest absolute Gasteiger partial charge is 0.478 e. The predicted molar refractivity (Wildman–Crippen MR) is 80.5 cm³/mol. The van der Waals surface area contributed by atoms with Crippen LogP contribution in [0.5, 0.6) is 0 Å². The van der Waals surface area contributed by atoms with Crippen molar-refractivity contribution < 1.29 is 14.4 Å². The molecule has 0 saturated heterocycles. The molecule has 1 aromatic heterocycles. The Morgan fingerprint density at radius 3 is 2.33 bits per heavy atom. The quantitative estimate of drug-likeness (QED) is 0.745. The van der Waals surface area contributed by atoms with Crippen molar-refractivity contribution in [2.24, 2.45) is 0 Å². The van der Waals surface area contributed by atoms with Crippen LogP contribution in [0, 0.1) is 6.92 Å². The first-order chi connectivity index (χ1) is 10.1. The third kappa shape index (κ3) is 5.06. The second kappa shape index (κ2) is 7.62. The van der Waals surface area contributed by atoms with Crippen LogP contribution in [0.1, 0.15) is 53.1 Å². The average molecular weight is 287 g/mol. The lowest BCUT2D eigenvalue weighted by Crippen LogP contribution is -1.96. The lowest BCUT2D eigenvalue weighted by atomic mass is 10.0. The van der Waals surface area contributed by atoms with E-state index in [2.05, 4.69) is 5.16 Å². The lowest BCUT2D eigenvalue weighted by Gasteiger charge is -2.02. The van der Waals surface area contributed by atoms with Gasteiger partial charge in [-0.3, -0.25) is 0 Å². The predicted octanol–water partition coefficient (Wildman–Crippen LogP) is 4.03. The summed E-state index contributed by atoms with van der Waals surface area (Å²) in [5.41, 5.74) is 2.49. The van der Waals surface area contributed by atoms with Crippen molar-refractivity contribution >= 4 is 5.97 Å². The molecule has 112 valence electrons. The molecule has 0 spiro atoms. The van der Waals surface area contributed by atoms with Gasteiger partial charge in [-0.15, -0.1) is 0 Å². The van der Waals surface area contributed by atoms with E-state index in [-0.39, 0.29) is 0 Å². The molecule has 0 fully saturated rings. The van der Waals surface area contributed by atoms with E-state index in [0.29, 0.717) is 5.56 Å². The van der Waals surface area contributed by atoms with Gasteiger partial charge in [0.2, 0.25) is 0 Å². The van der Waals surface area contributed by atoms with Crippen LogP contribution in [-0.4, -0.2) is 16.2 Å². The van der Waals surface area contributed by atoms with Gasteiger partial charge in [-0.05, 0) is 43.9 Å². The van der Waals surface area contributed by atoms with Gasteiger partial charge in [0.25, 0.3) is 0 Å². The minimum absolute atomic E-state index is 0.348. The highest BCUT2D eigenvalue weighted by Crippen LogP contribution is 2.12. The maximum Gasteiger partial charge on any atom is 0.335 e. The zero-order valence-corrected chi connectivity index (χ0v) is 12.3. The molecule has 4 heteroatoms. The number of benzene rings is 1. The van der Waals surface area contributed by atoms with E-state index in [0.717, 1.165) is 37.1 Å². The normalized spacial score (nSPS) is 10.7. The average Bonchev–Trinajstić information content (AvgIpc) is 2.89. The monoisotopic (exact) mass is 287 g/mol. The van der Waals surface area contributed by atoms with Crippen molar-refractivity contribution in [1.29, 1.82) is 0 Å². The Kier molecular flexibility index (Phi) is 5.55. The van der Waals surface area contributed by atoms with Gasteiger partial charge in [0.15, 0.2) is 0 Å². The lowest BCUT2D eigenvalue weighted by molar-refractivity contribution is 0.0697. The summed E-state index contributed by atoms with van der Waals surface area (Å²) in [7, 11) is 0. The van der Waals surface area contributed by atoms with E-state index in [1.165, 1.54) is 18.4 Å². The van der Waals surface area contributed by atoms with Crippen molar-refractivity contribution in [3.8, 4) is 0 Å². The molecule has 1 N–H and O–H groups in total. The molecule has 2 aromatic rings. The van der Waals surface area contributed by atoms with Crippen molar-refractivity contribution in [2.75, 3.05) is 0 Å². The summed E-state index contributed by atoms with van der Waals surface area (Å²) in [6, 6.07) is 9.14. The highest BCUT2D eigenvalue weighted by atomic mass is 16.5. The molecule has 0 unspecified atom stereocenters. The number of carboxylic acid groups (broad SMARTS) is 1. The zero-order chi connectivity index (χ0) is 15.1. The molecule has 1 aromatic carbocycles. The molecule has 2 rings (SSSR count). The second-order valence-electron chi connectivity index (χ2n) is 5.35. The standard InChI is InChI=1S/C17H21NO3/c1-13-12-16(21-18-13)7-5-3-2-4-6-14-8-10-15(11-9-14)17(19)20/h8-12H,2-7H2,1H3,(H,19,20). The number of hydrogen-bond donors (Lipinski definition) is 1. The first kappa shape index (κ1) is 15.3. The molecule has 1 heterocycles. The fraction of sp³-hybridized carbons (Fsp3) is 0.412. The Morgan fingerprint density at radius 1 is 1.10 bits per heavy atom. The van der Waals surface area contributed by atoms with Crippen LogP contribution in [0.25, 0.3) is 0 Å². The summed E-state index contributed by atoms with van der Waals surface area (Å²) in [5.74, 6) is 0.0981. The van der Waals surface area contributed by atoms with E-state index in [1.54, 1.807) is 12.1 Å². The Bertz CT molecular complexity index is 572. The van der Waals surface area contributed by atoms with Crippen molar-refractivity contribution in [1.82, 2.24) is 5.16 Å². The smallest absolute Gasteiger partial charge is 0.335 e. The van der Waals surface area contributed by atoms with Gasteiger partial charge in [-0.2, -0.15) is 0 Å². The first-order valence-corrected chi connectivity index (χ1v) is 7.39. The number of carboxylic acids is 1. The Balaban J connectivity index is 1.60. The van der Waals surface area contributed by atoms with E-state index in [4.69, 9.17) is 9.63 Å². The van der Waals surface area contributed by atoms with Gasteiger partial charge in [0.05, 0.1) is 11.3 Å². The second-order valence-corrected chi connectivity index (χ2v) is 5.35. The maximum absolute atomic E-state index is 10.8. The summed E-state index contributed by atoms with van der Waals surface area (Å²) in [4.78, 5) is 10.8. The topological polar surface area (TPSA) is 63.3 Å². The molecule has 0 bridgehead atoms. The van der Waals surface area contributed by atoms with E-state index < -0.39 is 5.97 Å². The molecule has 0 aliphatic heterocycles. The summed E-state index contributed by atoms with van der Waals surface area (Å²) >= 11 is 0. The van der Waals surface area contributed by atoms with Crippen LogP contribution in [0.15, 0.2) is 34.9 Å². The molecule has 0 amide bonds. The van der Waals surface area contributed by atoms with Crippen LogP contribution < -0.4 is 0 Å². The van der Waals surface area contributed by atoms with Crippen LogP contribution in [0.2, 0.25) is 0 Å². The van der Waals surface area contributed by atoms with E-state index >= 15 is 0 Å². The van der Waals surface area contributed by atoms with E-state index in [1.807, 2.05) is 25.1 Å². The summed E-state index contributed by atoms with van der Waals surface area (Å²) in [6.07, 6.45) is 6.55. The molecular formula is C17H21NO3. The maximum atomic E-state index is 10.8. The molecule has 0 radical (unpaired) electrons. The fourth-order valence-electron chi connectivity index (χ4n) is 2.33. The number of nitrogens with zero attached hydrogens (tertiary/aromatic N) is 1. The number of aryl methyl sites for hydroxylation is 3. The van der Waals surface area contributed by atoms with Crippen LogP contribution in [0.3, 0.4) is 0 Å². The summed E-state index contributed by atoms with van der Waals surface area (Å²) in [5, 5.41) is 12.7. The highest BCUT2D eigenvalue weighted by Gasteiger charge is 2.02. The van der Waals surface area contributed by atoms with Gasteiger partial charge in [-0.1, -0.05) is 30.1 Å². The van der Waals surface area contributed by atoms with E-state index in [9.17, 15) is 4.79 Å². The van der Waals surface area contributed by atoms with Gasteiger partial charge in [0.1, 0.15) is 5.76 Å². The van der Waals surface area contributed by atoms with Gasteiger partial charge in [0, 0.05) is 12.5 Å². The van der Waals surface area contributed by atoms with Crippen molar-refractivity contribution in [3.63, 3.8) is 0 Å². The molecule has 21 heavy (non-hydrogen) atoms. The van der Waals surface area contributed by atoms with Crippen molar-refractivity contribution in [3.05, 3.63) is 52.9 Å².